The molecule has 18 heavy (non-hydrogen) atoms. The highest BCUT2D eigenvalue weighted by Gasteiger charge is 2.15. The predicted octanol–water partition coefficient (Wildman–Crippen LogP) is 0.805. The van der Waals surface area contributed by atoms with E-state index in [1.165, 1.54) is 0 Å². The van der Waals surface area contributed by atoms with Gasteiger partial charge in [-0.25, -0.2) is 0 Å². The molecule has 0 saturated carbocycles. The highest BCUT2D eigenvalue weighted by molar-refractivity contribution is 5.28. The van der Waals surface area contributed by atoms with Crippen LogP contribution in [0.4, 0.5) is 5.95 Å². The molecule has 96 valence electrons. The van der Waals surface area contributed by atoms with E-state index in [9.17, 15) is 5.11 Å². The van der Waals surface area contributed by atoms with Crippen molar-refractivity contribution >= 4 is 5.95 Å². The number of aromatic hydroxyl groups is 1. The summed E-state index contributed by atoms with van der Waals surface area (Å²) in [6.45, 7) is 0. The van der Waals surface area contributed by atoms with Gasteiger partial charge in [-0.3, -0.25) is 4.57 Å². The normalized spacial score (nSPS) is 12.4. The van der Waals surface area contributed by atoms with Gasteiger partial charge in [0.2, 0.25) is 5.95 Å². The lowest BCUT2D eigenvalue weighted by atomic mass is 10.1. The molecule has 0 bridgehead atoms. The van der Waals surface area contributed by atoms with Crippen molar-refractivity contribution in [1.82, 2.24) is 14.8 Å². The molecule has 0 saturated heterocycles. The third-order valence-electron chi connectivity index (χ3n) is 2.86. The smallest absolute Gasteiger partial charge is 0.224 e. The number of benzene rings is 1. The summed E-state index contributed by atoms with van der Waals surface area (Å²) in [6, 6.07) is 6.78. The van der Waals surface area contributed by atoms with Crippen LogP contribution in [0.2, 0.25) is 0 Å². The maximum absolute atomic E-state index is 9.22. The summed E-state index contributed by atoms with van der Waals surface area (Å²) in [6.07, 6.45) is 0.649. The van der Waals surface area contributed by atoms with Gasteiger partial charge in [0, 0.05) is 14.1 Å². The molecule has 0 aliphatic heterocycles. The van der Waals surface area contributed by atoms with E-state index >= 15 is 0 Å². The maximum atomic E-state index is 9.22. The first kappa shape index (κ1) is 12.4. The zero-order valence-corrected chi connectivity index (χ0v) is 10.5. The van der Waals surface area contributed by atoms with Crippen LogP contribution in [0.3, 0.4) is 0 Å². The summed E-state index contributed by atoms with van der Waals surface area (Å²) in [5.74, 6) is 1.67. The lowest BCUT2D eigenvalue weighted by Crippen LogP contribution is -2.18. The standard InChI is InChI=1S/C12H17N5O/c1-14-12-16-15-11(17(12)2)10(13)7-8-3-5-9(18)6-4-8/h3-6,10,18H,7,13H2,1-2H3,(H,14,16). The number of phenolic OH excluding ortho intramolecular Hbond substituents is 1. The number of nitrogens with zero attached hydrogens (tertiary/aromatic N) is 3. The summed E-state index contributed by atoms with van der Waals surface area (Å²) >= 11 is 0. The SMILES string of the molecule is CNc1nnc(C(N)Cc2ccc(O)cc2)n1C. The Labute approximate surface area is 105 Å². The molecule has 2 rings (SSSR count). The number of hydrogen-bond acceptors (Lipinski definition) is 5. The van der Waals surface area contributed by atoms with Gasteiger partial charge < -0.3 is 16.2 Å². The molecule has 0 spiro atoms. The second-order valence-corrected chi connectivity index (χ2v) is 4.17. The van der Waals surface area contributed by atoms with Crippen molar-refractivity contribution in [2.45, 2.75) is 12.5 Å². The molecule has 1 atom stereocenters. The van der Waals surface area contributed by atoms with Crippen LogP contribution in [-0.2, 0) is 13.5 Å². The zero-order chi connectivity index (χ0) is 13.1. The lowest BCUT2D eigenvalue weighted by Gasteiger charge is -2.11. The summed E-state index contributed by atoms with van der Waals surface area (Å²) in [5, 5.41) is 20.2. The fourth-order valence-electron chi connectivity index (χ4n) is 1.86. The highest BCUT2D eigenvalue weighted by atomic mass is 16.3. The van der Waals surface area contributed by atoms with E-state index in [1.54, 1.807) is 19.2 Å². The van der Waals surface area contributed by atoms with Crippen LogP contribution in [0.5, 0.6) is 5.75 Å². The van der Waals surface area contributed by atoms with Gasteiger partial charge in [0.25, 0.3) is 0 Å². The molecule has 1 aromatic carbocycles. The van der Waals surface area contributed by atoms with E-state index in [0.717, 1.165) is 11.4 Å². The van der Waals surface area contributed by atoms with Gasteiger partial charge in [-0.05, 0) is 24.1 Å². The minimum atomic E-state index is -0.228. The van der Waals surface area contributed by atoms with Crippen LogP contribution in [0.25, 0.3) is 0 Å². The molecule has 1 unspecified atom stereocenters. The second kappa shape index (κ2) is 5.05. The fourth-order valence-corrected chi connectivity index (χ4v) is 1.86. The average molecular weight is 247 g/mol. The fraction of sp³-hybridized carbons (Fsp3) is 0.333. The maximum Gasteiger partial charge on any atom is 0.224 e. The summed E-state index contributed by atoms with van der Waals surface area (Å²) < 4.78 is 1.84. The first-order valence-electron chi connectivity index (χ1n) is 5.72. The second-order valence-electron chi connectivity index (χ2n) is 4.17. The van der Waals surface area contributed by atoms with E-state index in [4.69, 9.17) is 5.73 Å². The van der Waals surface area contributed by atoms with E-state index in [2.05, 4.69) is 15.5 Å². The summed E-state index contributed by atoms with van der Waals surface area (Å²) in [4.78, 5) is 0. The summed E-state index contributed by atoms with van der Waals surface area (Å²) in [5.41, 5.74) is 7.17. The number of nitrogens with two attached hydrogens (primary N) is 1. The topological polar surface area (TPSA) is 89.0 Å². The zero-order valence-electron chi connectivity index (χ0n) is 10.5. The Kier molecular flexibility index (Phi) is 3.47. The van der Waals surface area contributed by atoms with Gasteiger partial charge in [-0.1, -0.05) is 12.1 Å². The first-order chi connectivity index (χ1) is 8.61. The van der Waals surface area contributed by atoms with Crippen molar-refractivity contribution in [3.05, 3.63) is 35.7 Å². The van der Waals surface area contributed by atoms with Crippen molar-refractivity contribution < 1.29 is 5.11 Å². The van der Waals surface area contributed by atoms with Crippen molar-refractivity contribution in [3.8, 4) is 5.75 Å². The van der Waals surface area contributed by atoms with Crippen LogP contribution >= 0.6 is 0 Å². The van der Waals surface area contributed by atoms with Gasteiger partial charge in [0.1, 0.15) is 5.75 Å². The molecule has 6 nitrogen and oxygen atoms in total. The molecule has 0 fully saturated rings. The quantitative estimate of drug-likeness (QED) is 0.743. The van der Waals surface area contributed by atoms with E-state index < -0.39 is 0 Å². The average Bonchev–Trinajstić information content (AvgIpc) is 2.73. The minimum Gasteiger partial charge on any atom is -0.508 e. The third-order valence-corrected chi connectivity index (χ3v) is 2.86. The van der Waals surface area contributed by atoms with Gasteiger partial charge >= 0.3 is 0 Å². The molecule has 1 heterocycles. The number of anilines is 1. The molecule has 6 heteroatoms. The van der Waals surface area contributed by atoms with Crippen molar-refractivity contribution in [2.75, 3.05) is 12.4 Å². The van der Waals surface area contributed by atoms with Crippen LogP contribution in [-0.4, -0.2) is 26.9 Å². The van der Waals surface area contributed by atoms with Crippen LogP contribution in [0.1, 0.15) is 17.4 Å². The van der Waals surface area contributed by atoms with Gasteiger partial charge in [-0.2, -0.15) is 0 Å². The Morgan fingerprint density at radius 1 is 1.33 bits per heavy atom. The number of rotatable bonds is 4. The van der Waals surface area contributed by atoms with Gasteiger partial charge in [0.05, 0.1) is 6.04 Å². The number of hydrogen-bond donors (Lipinski definition) is 3. The number of phenols is 1. The molecule has 2 aromatic rings. The predicted molar refractivity (Wildman–Crippen MR) is 69.3 cm³/mol. The Balaban J connectivity index is 2.14. The molecular weight excluding hydrogens is 230 g/mol. The number of aromatic nitrogens is 3. The molecule has 0 amide bonds. The van der Waals surface area contributed by atoms with Crippen LogP contribution in [0.15, 0.2) is 24.3 Å². The summed E-state index contributed by atoms with van der Waals surface area (Å²) in [7, 11) is 3.66. The Hall–Kier alpha value is -2.08. The third kappa shape index (κ3) is 2.43. The molecule has 4 N–H and O–H groups in total. The monoisotopic (exact) mass is 247 g/mol. The Morgan fingerprint density at radius 3 is 2.56 bits per heavy atom. The molecular formula is C12H17N5O. The number of nitrogens with one attached hydrogen (secondary N) is 1. The van der Waals surface area contributed by atoms with Gasteiger partial charge in [-0.15, -0.1) is 10.2 Å². The molecule has 0 radical (unpaired) electrons. The van der Waals surface area contributed by atoms with Crippen molar-refractivity contribution in [1.29, 1.82) is 0 Å². The van der Waals surface area contributed by atoms with Crippen molar-refractivity contribution in [3.63, 3.8) is 0 Å². The van der Waals surface area contributed by atoms with Gasteiger partial charge in [0.15, 0.2) is 5.82 Å². The minimum absolute atomic E-state index is 0.228. The first-order valence-corrected chi connectivity index (χ1v) is 5.72. The van der Waals surface area contributed by atoms with E-state index in [-0.39, 0.29) is 11.8 Å². The Morgan fingerprint density at radius 2 is 2.00 bits per heavy atom. The largest absolute Gasteiger partial charge is 0.508 e. The lowest BCUT2D eigenvalue weighted by molar-refractivity contribution is 0.475. The highest BCUT2D eigenvalue weighted by Crippen LogP contribution is 2.18. The van der Waals surface area contributed by atoms with Crippen LogP contribution < -0.4 is 11.1 Å². The van der Waals surface area contributed by atoms with Crippen molar-refractivity contribution in [2.24, 2.45) is 12.8 Å². The molecule has 0 aliphatic carbocycles. The molecule has 1 aromatic heterocycles. The Bertz CT molecular complexity index is 520. The van der Waals surface area contributed by atoms with Crippen LogP contribution in [0, 0.1) is 0 Å². The van der Waals surface area contributed by atoms with E-state index in [1.807, 2.05) is 23.7 Å². The molecule has 0 aliphatic rings. The van der Waals surface area contributed by atoms with E-state index in [0.29, 0.717) is 12.4 Å².